The summed E-state index contributed by atoms with van der Waals surface area (Å²) < 4.78 is 0. The Kier molecular flexibility index (Phi) is 4.01. The van der Waals surface area contributed by atoms with E-state index in [1.807, 2.05) is 30.3 Å². The second-order valence-corrected chi connectivity index (χ2v) is 5.15. The van der Waals surface area contributed by atoms with Gasteiger partial charge in [0.1, 0.15) is 5.15 Å². The number of nitrogens with zero attached hydrogens (tertiary/aromatic N) is 4. The van der Waals surface area contributed by atoms with Crippen molar-refractivity contribution >= 4 is 34.8 Å². The van der Waals surface area contributed by atoms with E-state index in [0.29, 0.717) is 17.0 Å². The number of hydrogen-bond donors (Lipinski definition) is 0. The summed E-state index contributed by atoms with van der Waals surface area (Å²) in [5.74, 6) is 0. The van der Waals surface area contributed by atoms with E-state index in [-0.39, 0.29) is 15.7 Å². The molecule has 0 aliphatic carbocycles. The SMILES string of the molecule is Clc1nc(-c2ccccc2)cc(-c2cnc(Cl)nc2Cl)n1. The molecule has 0 N–H and O–H groups in total. The Hall–Kier alpha value is -1.75. The highest BCUT2D eigenvalue weighted by atomic mass is 35.5. The Morgan fingerprint density at radius 3 is 2.19 bits per heavy atom. The lowest BCUT2D eigenvalue weighted by atomic mass is 10.1. The second-order valence-electron chi connectivity index (χ2n) is 4.12. The highest BCUT2D eigenvalue weighted by Gasteiger charge is 2.12. The fraction of sp³-hybridized carbons (Fsp3) is 0. The Bertz CT molecular complexity index is 793. The van der Waals surface area contributed by atoms with Crippen LogP contribution < -0.4 is 0 Å². The molecule has 0 amide bonds. The van der Waals surface area contributed by atoms with E-state index < -0.39 is 0 Å². The van der Waals surface area contributed by atoms with Crippen LogP contribution >= 0.6 is 34.8 Å². The zero-order chi connectivity index (χ0) is 14.8. The highest BCUT2D eigenvalue weighted by molar-refractivity contribution is 6.33. The van der Waals surface area contributed by atoms with Gasteiger partial charge in [0.15, 0.2) is 0 Å². The highest BCUT2D eigenvalue weighted by Crippen LogP contribution is 2.28. The van der Waals surface area contributed by atoms with Crippen molar-refractivity contribution in [2.24, 2.45) is 0 Å². The third-order valence-corrected chi connectivity index (χ3v) is 3.40. The van der Waals surface area contributed by atoms with E-state index in [1.165, 1.54) is 6.20 Å². The Morgan fingerprint density at radius 1 is 0.762 bits per heavy atom. The third kappa shape index (κ3) is 3.13. The number of rotatable bonds is 2. The molecule has 0 fully saturated rings. The van der Waals surface area contributed by atoms with E-state index in [4.69, 9.17) is 34.8 Å². The van der Waals surface area contributed by atoms with E-state index in [9.17, 15) is 0 Å². The standard InChI is InChI=1S/C14H7Cl3N4/c15-12-9(7-18-13(16)21-12)11-6-10(19-14(17)20-11)8-4-2-1-3-5-8/h1-7H. The van der Waals surface area contributed by atoms with Gasteiger partial charge in [-0.25, -0.2) is 19.9 Å². The molecular weight excluding hydrogens is 331 g/mol. The van der Waals surface area contributed by atoms with Crippen LogP contribution in [0.2, 0.25) is 15.7 Å². The van der Waals surface area contributed by atoms with Gasteiger partial charge >= 0.3 is 0 Å². The zero-order valence-electron chi connectivity index (χ0n) is 10.5. The average molecular weight is 338 g/mol. The minimum atomic E-state index is 0.0761. The van der Waals surface area contributed by atoms with E-state index >= 15 is 0 Å². The van der Waals surface area contributed by atoms with Crippen LogP contribution in [0.15, 0.2) is 42.6 Å². The third-order valence-electron chi connectivity index (χ3n) is 2.76. The summed E-state index contributed by atoms with van der Waals surface area (Å²) in [6, 6.07) is 11.4. The van der Waals surface area contributed by atoms with Crippen molar-refractivity contribution in [1.29, 1.82) is 0 Å². The maximum Gasteiger partial charge on any atom is 0.223 e. The summed E-state index contributed by atoms with van der Waals surface area (Å²) in [5.41, 5.74) is 2.70. The predicted molar refractivity (Wildman–Crippen MR) is 83.5 cm³/mol. The summed E-state index contributed by atoms with van der Waals surface area (Å²) in [4.78, 5) is 16.2. The molecule has 2 heterocycles. The quantitative estimate of drug-likeness (QED) is 0.508. The molecule has 2 aromatic heterocycles. The molecule has 1 aromatic carbocycles. The van der Waals surface area contributed by atoms with Crippen LogP contribution in [0.1, 0.15) is 0 Å². The number of aromatic nitrogens is 4. The van der Waals surface area contributed by atoms with Crippen molar-refractivity contribution in [3.8, 4) is 22.5 Å². The molecule has 0 spiro atoms. The van der Waals surface area contributed by atoms with E-state index in [1.54, 1.807) is 6.07 Å². The van der Waals surface area contributed by atoms with Crippen LogP contribution in [0, 0.1) is 0 Å². The van der Waals surface area contributed by atoms with Gasteiger partial charge < -0.3 is 0 Å². The molecule has 0 radical (unpaired) electrons. The summed E-state index contributed by atoms with van der Waals surface area (Å²) >= 11 is 17.8. The topological polar surface area (TPSA) is 51.6 Å². The molecule has 3 rings (SSSR count). The van der Waals surface area contributed by atoms with Gasteiger partial charge in [-0.1, -0.05) is 41.9 Å². The van der Waals surface area contributed by atoms with Gasteiger partial charge in [0.2, 0.25) is 10.6 Å². The molecule has 0 saturated heterocycles. The van der Waals surface area contributed by atoms with Gasteiger partial charge in [-0.05, 0) is 29.3 Å². The molecule has 0 unspecified atom stereocenters. The number of halogens is 3. The monoisotopic (exact) mass is 336 g/mol. The second kappa shape index (κ2) is 5.93. The van der Waals surface area contributed by atoms with Gasteiger partial charge in [0.25, 0.3) is 0 Å². The molecule has 0 bridgehead atoms. The lowest BCUT2D eigenvalue weighted by Crippen LogP contribution is -1.94. The molecule has 21 heavy (non-hydrogen) atoms. The summed E-state index contributed by atoms with van der Waals surface area (Å²) in [6.07, 6.45) is 1.51. The minimum absolute atomic E-state index is 0.0761. The molecule has 3 aromatic rings. The largest absolute Gasteiger partial charge is 0.226 e. The molecule has 0 aliphatic heterocycles. The average Bonchev–Trinajstić information content (AvgIpc) is 2.47. The molecule has 0 saturated carbocycles. The fourth-order valence-corrected chi connectivity index (χ4v) is 2.41. The van der Waals surface area contributed by atoms with Gasteiger partial charge in [0, 0.05) is 11.8 Å². The first-order valence-corrected chi connectivity index (χ1v) is 7.05. The van der Waals surface area contributed by atoms with Crippen LogP contribution in [0.25, 0.3) is 22.5 Å². The summed E-state index contributed by atoms with van der Waals surface area (Å²) in [6.45, 7) is 0. The van der Waals surface area contributed by atoms with Gasteiger partial charge in [-0.3, -0.25) is 0 Å². The van der Waals surface area contributed by atoms with Crippen molar-refractivity contribution in [2.45, 2.75) is 0 Å². The molecule has 0 aliphatic rings. The molecule has 7 heteroatoms. The van der Waals surface area contributed by atoms with Gasteiger partial charge in [-0.2, -0.15) is 0 Å². The normalized spacial score (nSPS) is 10.6. The van der Waals surface area contributed by atoms with Crippen molar-refractivity contribution in [3.63, 3.8) is 0 Å². The Balaban J connectivity index is 2.14. The summed E-state index contributed by atoms with van der Waals surface area (Å²) in [5, 5.41) is 0.410. The van der Waals surface area contributed by atoms with E-state index in [0.717, 1.165) is 5.56 Å². The molecule has 4 nitrogen and oxygen atoms in total. The summed E-state index contributed by atoms with van der Waals surface area (Å²) in [7, 11) is 0. The van der Waals surface area contributed by atoms with Crippen molar-refractivity contribution in [1.82, 2.24) is 19.9 Å². The van der Waals surface area contributed by atoms with Crippen LogP contribution in [-0.4, -0.2) is 19.9 Å². The Labute approximate surface area is 135 Å². The number of benzene rings is 1. The smallest absolute Gasteiger partial charge is 0.223 e. The fourth-order valence-electron chi connectivity index (χ4n) is 1.83. The maximum absolute atomic E-state index is 6.08. The van der Waals surface area contributed by atoms with Crippen LogP contribution in [0.3, 0.4) is 0 Å². The van der Waals surface area contributed by atoms with Crippen LogP contribution in [0.4, 0.5) is 0 Å². The first-order valence-electron chi connectivity index (χ1n) is 5.92. The van der Waals surface area contributed by atoms with Crippen molar-refractivity contribution in [2.75, 3.05) is 0 Å². The zero-order valence-corrected chi connectivity index (χ0v) is 12.7. The van der Waals surface area contributed by atoms with Crippen molar-refractivity contribution < 1.29 is 0 Å². The van der Waals surface area contributed by atoms with E-state index in [2.05, 4.69) is 19.9 Å². The van der Waals surface area contributed by atoms with Crippen LogP contribution in [0.5, 0.6) is 0 Å². The minimum Gasteiger partial charge on any atom is -0.226 e. The lowest BCUT2D eigenvalue weighted by Gasteiger charge is -2.06. The molecular formula is C14H7Cl3N4. The first kappa shape index (κ1) is 14.2. The molecule has 104 valence electrons. The number of hydrogen-bond acceptors (Lipinski definition) is 4. The van der Waals surface area contributed by atoms with Crippen molar-refractivity contribution in [3.05, 3.63) is 58.3 Å². The van der Waals surface area contributed by atoms with Gasteiger partial charge in [-0.15, -0.1) is 0 Å². The lowest BCUT2D eigenvalue weighted by molar-refractivity contribution is 1.14. The maximum atomic E-state index is 6.08. The first-order chi connectivity index (χ1) is 10.1. The molecule has 0 atom stereocenters. The predicted octanol–water partition coefficient (Wildman–Crippen LogP) is 4.56. The Morgan fingerprint density at radius 2 is 1.48 bits per heavy atom. The van der Waals surface area contributed by atoms with Gasteiger partial charge in [0.05, 0.1) is 17.0 Å². The van der Waals surface area contributed by atoms with Crippen LogP contribution in [-0.2, 0) is 0 Å².